The molecule has 0 saturated carbocycles. The average Bonchev–Trinajstić information content (AvgIpc) is 2.82. The Balaban J connectivity index is 2.13. The second kappa shape index (κ2) is 5.98. The SMILES string of the molecule is CCCC(Nc1ccnc(Cl)n1)c1cccs1. The summed E-state index contributed by atoms with van der Waals surface area (Å²) in [5.74, 6) is 0.775. The van der Waals surface area contributed by atoms with Crippen molar-refractivity contribution in [3.05, 3.63) is 39.9 Å². The van der Waals surface area contributed by atoms with Crippen LogP contribution in [0.2, 0.25) is 5.28 Å². The normalized spacial score (nSPS) is 12.4. The standard InChI is InChI=1S/C12H14ClN3S/c1-2-4-9(10-5-3-8-17-10)15-11-6-7-14-12(13)16-11/h3,5-9H,2,4H2,1H3,(H,14,15,16). The number of anilines is 1. The van der Waals surface area contributed by atoms with E-state index in [2.05, 4.69) is 39.7 Å². The zero-order chi connectivity index (χ0) is 12.1. The summed E-state index contributed by atoms with van der Waals surface area (Å²) in [6.07, 6.45) is 3.85. The Kier molecular flexibility index (Phi) is 4.34. The van der Waals surface area contributed by atoms with Gasteiger partial charge in [-0.15, -0.1) is 11.3 Å². The molecule has 1 unspecified atom stereocenters. The third kappa shape index (κ3) is 3.41. The lowest BCUT2D eigenvalue weighted by Gasteiger charge is -2.17. The molecule has 90 valence electrons. The van der Waals surface area contributed by atoms with Crippen LogP contribution in [-0.4, -0.2) is 9.97 Å². The fourth-order valence-electron chi connectivity index (χ4n) is 1.66. The monoisotopic (exact) mass is 267 g/mol. The molecule has 1 atom stereocenters. The van der Waals surface area contributed by atoms with Gasteiger partial charge < -0.3 is 5.32 Å². The van der Waals surface area contributed by atoms with Crippen molar-refractivity contribution in [1.29, 1.82) is 0 Å². The summed E-state index contributed by atoms with van der Waals surface area (Å²) in [5, 5.41) is 5.76. The zero-order valence-electron chi connectivity index (χ0n) is 9.56. The van der Waals surface area contributed by atoms with Crippen molar-refractivity contribution in [2.24, 2.45) is 0 Å². The molecular weight excluding hydrogens is 254 g/mol. The maximum absolute atomic E-state index is 5.77. The van der Waals surface area contributed by atoms with E-state index in [9.17, 15) is 0 Å². The minimum absolute atomic E-state index is 0.274. The molecule has 0 aliphatic carbocycles. The summed E-state index contributed by atoms with van der Waals surface area (Å²) in [6, 6.07) is 6.34. The van der Waals surface area contributed by atoms with Crippen LogP contribution < -0.4 is 5.32 Å². The zero-order valence-corrected chi connectivity index (χ0v) is 11.1. The van der Waals surface area contributed by atoms with Crippen molar-refractivity contribution in [2.75, 3.05) is 5.32 Å². The third-order valence-corrected chi connectivity index (χ3v) is 3.58. The minimum atomic E-state index is 0.274. The number of thiophene rings is 1. The van der Waals surface area contributed by atoms with Gasteiger partial charge in [0.25, 0.3) is 0 Å². The molecule has 1 N–H and O–H groups in total. The molecule has 17 heavy (non-hydrogen) atoms. The van der Waals surface area contributed by atoms with Crippen molar-refractivity contribution < 1.29 is 0 Å². The molecule has 2 aromatic rings. The first-order chi connectivity index (χ1) is 8.29. The van der Waals surface area contributed by atoms with Crippen LogP contribution in [0.4, 0.5) is 5.82 Å². The quantitative estimate of drug-likeness (QED) is 0.827. The van der Waals surface area contributed by atoms with E-state index in [1.54, 1.807) is 17.5 Å². The highest BCUT2D eigenvalue weighted by Crippen LogP contribution is 2.26. The van der Waals surface area contributed by atoms with Gasteiger partial charge in [0.15, 0.2) is 0 Å². The summed E-state index contributed by atoms with van der Waals surface area (Å²) in [7, 11) is 0. The first kappa shape index (κ1) is 12.3. The lowest BCUT2D eigenvalue weighted by atomic mass is 10.1. The molecule has 0 fully saturated rings. The van der Waals surface area contributed by atoms with Crippen molar-refractivity contribution in [3.8, 4) is 0 Å². The predicted molar refractivity (Wildman–Crippen MR) is 72.6 cm³/mol. The maximum Gasteiger partial charge on any atom is 0.224 e. The van der Waals surface area contributed by atoms with Crippen LogP contribution in [0.3, 0.4) is 0 Å². The Bertz CT molecular complexity index is 459. The number of hydrogen-bond donors (Lipinski definition) is 1. The Morgan fingerprint density at radius 2 is 2.35 bits per heavy atom. The molecule has 0 saturated heterocycles. The maximum atomic E-state index is 5.77. The number of hydrogen-bond acceptors (Lipinski definition) is 4. The van der Waals surface area contributed by atoms with Crippen LogP contribution >= 0.6 is 22.9 Å². The van der Waals surface area contributed by atoms with Crippen LogP contribution in [0.5, 0.6) is 0 Å². The Morgan fingerprint density at radius 3 is 3.00 bits per heavy atom. The Labute approximate surface area is 110 Å². The number of nitrogens with zero attached hydrogens (tertiary/aromatic N) is 2. The highest BCUT2D eigenvalue weighted by atomic mass is 35.5. The third-order valence-electron chi connectivity index (χ3n) is 2.41. The molecule has 0 radical (unpaired) electrons. The van der Waals surface area contributed by atoms with Gasteiger partial charge in [-0.2, -0.15) is 0 Å². The van der Waals surface area contributed by atoms with E-state index in [4.69, 9.17) is 11.6 Å². The lowest BCUT2D eigenvalue weighted by Crippen LogP contribution is -2.10. The van der Waals surface area contributed by atoms with Gasteiger partial charge in [0.05, 0.1) is 6.04 Å². The molecule has 0 aliphatic heterocycles. The Morgan fingerprint density at radius 1 is 1.47 bits per heavy atom. The molecule has 3 nitrogen and oxygen atoms in total. The van der Waals surface area contributed by atoms with E-state index in [-0.39, 0.29) is 5.28 Å². The van der Waals surface area contributed by atoms with Gasteiger partial charge in [0.1, 0.15) is 5.82 Å². The van der Waals surface area contributed by atoms with Crippen LogP contribution in [0.1, 0.15) is 30.7 Å². The van der Waals surface area contributed by atoms with E-state index in [0.29, 0.717) is 6.04 Å². The van der Waals surface area contributed by atoms with Gasteiger partial charge in [-0.3, -0.25) is 0 Å². The van der Waals surface area contributed by atoms with Gasteiger partial charge in [-0.1, -0.05) is 19.4 Å². The highest BCUT2D eigenvalue weighted by Gasteiger charge is 2.12. The minimum Gasteiger partial charge on any atom is -0.362 e. The van der Waals surface area contributed by atoms with Crippen LogP contribution in [-0.2, 0) is 0 Å². The fourth-order valence-corrected chi connectivity index (χ4v) is 2.62. The van der Waals surface area contributed by atoms with Crippen LogP contribution in [0.25, 0.3) is 0 Å². The molecule has 0 spiro atoms. The number of halogens is 1. The van der Waals surface area contributed by atoms with Gasteiger partial charge in [0.2, 0.25) is 5.28 Å². The number of rotatable bonds is 5. The summed E-state index contributed by atoms with van der Waals surface area (Å²) in [6.45, 7) is 2.18. The van der Waals surface area contributed by atoms with Gasteiger partial charge in [-0.25, -0.2) is 9.97 Å². The van der Waals surface area contributed by atoms with Crippen LogP contribution in [0.15, 0.2) is 29.8 Å². The summed E-state index contributed by atoms with van der Waals surface area (Å²) < 4.78 is 0. The van der Waals surface area contributed by atoms with Crippen molar-refractivity contribution >= 4 is 28.8 Å². The first-order valence-electron chi connectivity index (χ1n) is 5.58. The van der Waals surface area contributed by atoms with E-state index in [1.165, 1.54) is 4.88 Å². The van der Waals surface area contributed by atoms with Crippen molar-refractivity contribution in [3.63, 3.8) is 0 Å². The van der Waals surface area contributed by atoms with Crippen molar-refractivity contribution in [1.82, 2.24) is 9.97 Å². The Hall–Kier alpha value is -1.13. The molecule has 2 rings (SSSR count). The largest absolute Gasteiger partial charge is 0.362 e. The summed E-state index contributed by atoms with van der Waals surface area (Å²) in [4.78, 5) is 9.35. The molecule has 0 amide bonds. The number of aromatic nitrogens is 2. The molecule has 5 heteroatoms. The van der Waals surface area contributed by atoms with Crippen LogP contribution in [0, 0.1) is 0 Å². The predicted octanol–water partition coefficient (Wildman–Crippen LogP) is 4.14. The molecule has 2 aromatic heterocycles. The lowest BCUT2D eigenvalue weighted by molar-refractivity contribution is 0.684. The molecule has 0 bridgehead atoms. The molecular formula is C12H14ClN3S. The van der Waals surface area contributed by atoms with E-state index >= 15 is 0 Å². The second-order valence-corrected chi connectivity index (χ2v) is 5.03. The molecule has 2 heterocycles. The van der Waals surface area contributed by atoms with E-state index < -0.39 is 0 Å². The van der Waals surface area contributed by atoms with Crippen molar-refractivity contribution in [2.45, 2.75) is 25.8 Å². The topological polar surface area (TPSA) is 37.8 Å². The molecule has 0 aliphatic rings. The average molecular weight is 268 g/mol. The van der Waals surface area contributed by atoms with Gasteiger partial charge in [0, 0.05) is 11.1 Å². The first-order valence-corrected chi connectivity index (χ1v) is 6.84. The van der Waals surface area contributed by atoms with E-state index in [1.807, 2.05) is 6.07 Å². The summed E-state index contributed by atoms with van der Waals surface area (Å²) >= 11 is 7.53. The van der Waals surface area contributed by atoms with Gasteiger partial charge >= 0.3 is 0 Å². The van der Waals surface area contributed by atoms with E-state index in [0.717, 1.165) is 18.7 Å². The summed E-state index contributed by atoms with van der Waals surface area (Å²) in [5.41, 5.74) is 0. The molecule has 0 aromatic carbocycles. The highest BCUT2D eigenvalue weighted by molar-refractivity contribution is 7.10. The van der Waals surface area contributed by atoms with Gasteiger partial charge in [-0.05, 0) is 35.5 Å². The smallest absolute Gasteiger partial charge is 0.224 e. The number of nitrogens with one attached hydrogen (secondary N) is 1. The second-order valence-electron chi connectivity index (χ2n) is 3.71. The fraction of sp³-hybridized carbons (Fsp3) is 0.333.